The number of fused-ring (bicyclic) bond motifs is 1. The zero-order valence-corrected chi connectivity index (χ0v) is 16.2. The van der Waals surface area contributed by atoms with E-state index in [4.69, 9.17) is 27.7 Å². The molecule has 5 nitrogen and oxygen atoms in total. The van der Waals surface area contributed by atoms with Crippen molar-refractivity contribution in [2.75, 3.05) is 4.90 Å². The molecule has 1 aromatic heterocycles. The molecular weight excluding hydrogens is 385 g/mol. The van der Waals surface area contributed by atoms with Crippen LogP contribution < -0.4 is 10.1 Å². The summed E-state index contributed by atoms with van der Waals surface area (Å²) in [7, 11) is 0. The Labute approximate surface area is 166 Å². The van der Waals surface area contributed by atoms with Gasteiger partial charge in [-0.25, -0.2) is 9.52 Å². The molecule has 0 spiro atoms. The van der Waals surface area contributed by atoms with Crippen molar-refractivity contribution in [1.29, 1.82) is 0 Å². The van der Waals surface area contributed by atoms with E-state index in [0.717, 1.165) is 28.3 Å². The van der Waals surface area contributed by atoms with Gasteiger partial charge in [-0.2, -0.15) is 0 Å². The van der Waals surface area contributed by atoms with Crippen molar-refractivity contribution in [3.8, 4) is 0 Å². The summed E-state index contributed by atoms with van der Waals surface area (Å²) >= 11 is 12.1. The standard InChI is InChI=1S/C20H15Cl2N3O2/c1-11-15(12(2)27-24-11)10-25-18-6-4-3-5-14(18)19(20(25)26)23-13-7-8-16(21)17(22)9-13/h3-9H,10H2,1-2H3/p+1. The van der Waals surface area contributed by atoms with Crippen LogP contribution in [0.2, 0.25) is 10.0 Å². The van der Waals surface area contributed by atoms with Crippen LogP contribution in [0.1, 0.15) is 22.6 Å². The summed E-state index contributed by atoms with van der Waals surface area (Å²) in [4.78, 5) is 19.4. The molecule has 4 rings (SSSR count). The number of aliphatic imine (C=N–C) groups is 1. The van der Waals surface area contributed by atoms with E-state index in [2.05, 4.69) is 10.1 Å². The zero-order chi connectivity index (χ0) is 19.1. The van der Waals surface area contributed by atoms with Crippen molar-refractivity contribution >= 4 is 46.2 Å². The monoisotopic (exact) mass is 400 g/mol. The molecule has 1 N–H and O–H groups in total. The molecule has 2 heterocycles. The summed E-state index contributed by atoms with van der Waals surface area (Å²) in [5.74, 6) is 0.593. The van der Waals surface area contributed by atoms with Gasteiger partial charge in [0.15, 0.2) is 5.76 Å². The fourth-order valence-corrected chi connectivity index (χ4v) is 3.43. The van der Waals surface area contributed by atoms with Gasteiger partial charge in [0.2, 0.25) is 5.69 Å². The Balaban J connectivity index is 1.77. The number of nitrogens with zero attached hydrogens (tertiary/aromatic N) is 2. The van der Waals surface area contributed by atoms with E-state index in [0.29, 0.717) is 28.0 Å². The first kappa shape index (κ1) is 17.8. The highest BCUT2D eigenvalue weighted by Gasteiger charge is 2.35. The number of hydrogen-bond acceptors (Lipinski definition) is 3. The molecule has 0 radical (unpaired) electrons. The lowest BCUT2D eigenvalue weighted by molar-refractivity contribution is -0.615. The normalized spacial score (nSPS) is 14.9. The molecule has 1 aliphatic rings. The number of amides is 1. The molecule has 2 aromatic carbocycles. The number of H-pyrrole nitrogens is 1. The topological polar surface area (TPSA) is 60.0 Å². The van der Waals surface area contributed by atoms with Crippen LogP contribution in [0.3, 0.4) is 0 Å². The Morgan fingerprint density at radius 1 is 1.11 bits per heavy atom. The Morgan fingerprint density at radius 3 is 2.59 bits per heavy atom. The third kappa shape index (κ3) is 3.13. The van der Waals surface area contributed by atoms with Crippen LogP contribution in [0.15, 0.2) is 52.0 Å². The molecule has 1 amide bonds. The SMILES string of the molecule is Cc1[nH+]oc(C)c1CN1C(=O)C(=Nc2ccc(Cl)c(Cl)c2)c2ccccc21. The first-order valence-electron chi connectivity index (χ1n) is 8.37. The minimum absolute atomic E-state index is 0.165. The summed E-state index contributed by atoms with van der Waals surface area (Å²) in [5, 5.41) is 3.69. The zero-order valence-electron chi connectivity index (χ0n) is 14.7. The van der Waals surface area contributed by atoms with Gasteiger partial charge in [0, 0.05) is 19.4 Å². The highest BCUT2D eigenvalue weighted by molar-refractivity contribution is 6.54. The lowest BCUT2D eigenvalue weighted by atomic mass is 10.1. The average molecular weight is 401 g/mol. The first-order chi connectivity index (χ1) is 13.0. The molecule has 0 aliphatic carbocycles. The van der Waals surface area contributed by atoms with E-state index >= 15 is 0 Å². The number of aromatic nitrogens is 1. The second-order valence-electron chi connectivity index (χ2n) is 6.33. The van der Waals surface area contributed by atoms with Crippen molar-refractivity contribution in [3.05, 3.63) is 75.1 Å². The summed E-state index contributed by atoms with van der Waals surface area (Å²) in [6, 6.07) is 12.7. The first-order valence-corrected chi connectivity index (χ1v) is 9.13. The number of rotatable bonds is 3. The summed E-state index contributed by atoms with van der Waals surface area (Å²) in [5.41, 5.74) is 4.42. The molecule has 0 fully saturated rings. The van der Waals surface area contributed by atoms with E-state index in [1.165, 1.54) is 0 Å². The lowest BCUT2D eigenvalue weighted by Crippen LogP contribution is -2.30. The Morgan fingerprint density at radius 2 is 1.89 bits per heavy atom. The van der Waals surface area contributed by atoms with Crippen molar-refractivity contribution in [2.45, 2.75) is 20.4 Å². The number of halogens is 2. The minimum Gasteiger partial charge on any atom is -0.302 e. The fraction of sp³-hybridized carbons (Fsp3) is 0.150. The molecule has 7 heteroatoms. The molecular formula is C20H16Cl2N3O2+. The van der Waals surface area contributed by atoms with Crippen molar-refractivity contribution in [3.63, 3.8) is 0 Å². The number of hydrogen-bond donors (Lipinski definition) is 0. The van der Waals surface area contributed by atoms with Crippen LogP contribution in [-0.4, -0.2) is 11.6 Å². The number of para-hydroxylation sites is 1. The predicted octanol–water partition coefficient (Wildman–Crippen LogP) is 4.68. The maximum atomic E-state index is 13.2. The molecule has 0 unspecified atom stereocenters. The van der Waals surface area contributed by atoms with Crippen LogP contribution in [0, 0.1) is 13.8 Å². The lowest BCUT2D eigenvalue weighted by Gasteiger charge is -2.15. The van der Waals surface area contributed by atoms with Gasteiger partial charge in [-0.3, -0.25) is 4.79 Å². The van der Waals surface area contributed by atoms with Crippen molar-refractivity contribution in [2.24, 2.45) is 4.99 Å². The minimum atomic E-state index is -0.165. The van der Waals surface area contributed by atoms with E-state index in [-0.39, 0.29) is 5.91 Å². The van der Waals surface area contributed by atoms with E-state index in [1.54, 1.807) is 23.1 Å². The second kappa shape index (κ2) is 6.83. The van der Waals surface area contributed by atoms with Crippen LogP contribution in [-0.2, 0) is 11.3 Å². The van der Waals surface area contributed by atoms with E-state index in [9.17, 15) is 4.79 Å². The molecule has 136 valence electrons. The number of carbonyl (C=O) groups is 1. The highest BCUT2D eigenvalue weighted by atomic mass is 35.5. The molecule has 0 saturated carbocycles. The maximum Gasteiger partial charge on any atom is 0.277 e. The van der Waals surface area contributed by atoms with E-state index < -0.39 is 0 Å². The number of aromatic amines is 1. The van der Waals surface area contributed by atoms with Gasteiger partial charge in [0.05, 0.1) is 33.5 Å². The van der Waals surface area contributed by atoms with Crippen LogP contribution in [0.25, 0.3) is 0 Å². The quantitative estimate of drug-likeness (QED) is 0.640. The number of nitrogens with one attached hydrogen (secondary N) is 1. The van der Waals surface area contributed by atoms with Crippen LogP contribution >= 0.6 is 23.2 Å². The Kier molecular flexibility index (Phi) is 4.50. The van der Waals surface area contributed by atoms with Gasteiger partial charge in [-0.1, -0.05) is 41.4 Å². The van der Waals surface area contributed by atoms with Gasteiger partial charge in [-0.05, 0) is 29.4 Å². The third-order valence-corrected chi connectivity index (χ3v) is 5.33. The molecule has 3 aromatic rings. The fourth-order valence-electron chi connectivity index (χ4n) is 3.14. The number of carbonyl (C=O) groups excluding carboxylic acids is 1. The number of benzene rings is 2. The van der Waals surface area contributed by atoms with Gasteiger partial charge in [0.25, 0.3) is 5.91 Å². The van der Waals surface area contributed by atoms with E-state index in [1.807, 2.05) is 38.1 Å². The molecule has 0 atom stereocenters. The van der Waals surface area contributed by atoms with Gasteiger partial charge in [0.1, 0.15) is 5.71 Å². The number of aryl methyl sites for hydroxylation is 2. The van der Waals surface area contributed by atoms with Gasteiger partial charge >= 0.3 is 0 Å². The smallest absolute Gasteiger partial charge is 0.277 e. The average Bonchev–Trinajstić information content (AvgIpc) is 3.11. The molecule has 0 bridgehead atoms. The predicted molar refractivity (Wildman–Crippen MR) is 105 cm³/mol. The third-order valence-electron chi connectivity index (χ3n) is 4.59. The molecule has 0 saturated heterocycles. The molecule has 1 aliphatic heterocycles. The van der Waals surface area contributed by atoms with Crippen molar-refractivity contribution in [1.82, 2.24) is 0 Å². The van der Waals surface area contributed by atoms with Crippen molar-refractivity contribution < 1.29 is 14.5 Å². The second-order valence-corrected chi connectivity index (χ2v) is 7.15. The van der Waals surface area contributed by atoms with Crippen LogP contribution in [0.5, 0.6) is 0 Å². The van der Waals surface area contributed by atoms with Crippen LogP contribution in [0.4, 0.5) is 11.4 Å². The summed E-state index contributed by atoms with van der Waals surface area (Å²) in [6.07, 6.45) is 0. The Hall–Kier alpha value is -2.63. The summed E-state index contributed by atoms with van der Waals surface area (Å²) < 4.78 is 5.36. The maximum absolute atomic E-state index is 13.2. The highest BCUT2D eigenvalue weighted by Crippen LogP contribution is 2.34. The molecule has 27 heavy (non-hydrogen) atoms. The largest absolute Gasteiger partial charge is 0.302 e. The van der Waals surface area contributed by atoms with Gasteiger partial charge in [-0.15, -0.1) is 0 Å². The number of anilines is 1. The van der Waals surface area contributed by atoms with Gasteiger partial charge < -0.3 is 4.90 Å². The summed E-state index contributed by atoms with van der Waals surface area (Å²) in [6.45, 7) is 4.19. The Bertz CT molecular complexity index is 1070.